The molecule has 7 heteroatoms. The van der Waals surface area contributed by atoms with Gasteiger partial charge in [0, 0.05) is 18.0 Å². The molecule has 3 heterocycles. The van der Waals surface area contributed by atoms with Crippen molar-refractivity contribution in [1.82, 2.24) is 14.9 Å². The Morgan fingerprint density at radius 3 is 2.86 bits per heavy atom. The van der Waals surface area contributed by atoms with Crippen molar-refractivity contribution in [2.45, 2.75) is 26.2 Å². The molecule has 2 aromatic rings. The maximum atomic E-state index is 5.46. The number of likely N-dealkylation sites (tertiary alicyclic amines) is 1. The third-order valence-corrected chi connectivity index (χ3v) is 4.76. The molecule has 0 atom stereocenters. The predicted octanol–water partition coefficient (Wildman–Crippen LogP) is 2.18. The van der Waals surface area contributed by atoms with Gasteiger partial charge in [-0.2, -0.15) is 4.98 Å². The van der Waals surface area contributed by atoms with Crippen LogP contribution in [0.4, 0.5) is 11.8 Å². The van der Waals surface area contributed by atoms with E-state index in [1.54, 1.807) is 11.3 Å². The first-order valence-corrected chi connectivity index (χ1v) is 8.29. The van der Waals surface area contributed by atoms with E-state index in [1.165, 1.54) is 37.2 Å². The lowest BCUT2D eigenvalue weighted by molar-refractivity contribution is 0.237. The molecule has 6 nitrogen and oxygen atoms in total. The number of nitrogens with zero attached hydrogens (tertiary/aromatic N) is 3. The zero-order valence-electron chi connectivity index (χ0n) is 12.4. The van der Waals surface area contributed by atoms with Gasteiger partial charge in [0.2, 0.25) is 5.95 Å². The third-order valence-electron chi connectivity index (χ3n) is 3.81. The van der Waals surface area contributed by atoms with Crippen LogP contribution in [-0.4, -0.2) is 41.0 Å². The highest BCUT2D eigenvalue weighted by atomic mass is 32.1. The molecule has 2 aromatic heterocycles. The maximum absolute atomic E-state index is 5.46. The number of fused-ring (bicyclic) bond motifs is 1. The van der Waals surface area contributed by atoms with E-state index in [4.69, 9.17) is 5.84 Å². The molecule has 0 bridgehead atoms. The summed E-state index contributed by atoms with van der Waals surface area (Å²) in [5.41, 5.74) is 2.54. The normalized spacial score (nSPS) is 16.3. The average molecular weight is 306 g/mol. The molecule has 0 amide bonds. The molecule has 0 saturated carbocycles. The SMILES string of the molecule is Cc1cc2c(NCCN3CCCCC3)nc(NN)nc2s1. The number of nitrogens with one attached hydrogen (secondary N) is 2. The van der Waals surface area contributed by atoms with E-state index in [0.717, 1.165) is 29.1 Å². The Bertz CT molecular complexity index is 605. The zero-order chi connectivity index (χ0) is 14.7. The minimum Gasteiger partial charge on any atom is -0.368 e. The molecule has 1 aliphatic heterocycles. The van der Waals surface area contributed by atoms with Gasteiger partial charge in [0.25, 0.3) is 0 Å². The summed E-state index contributed by atoms with van der Waals surface area (Å²) in [7, 11) is 0. The number of piperidine rings is 1. The summed E-state index contributed by atoms with van der Waals surface area (Å²) in [6.45, 7) is 6.46. The Balaban J connectivity index is 1.70. The molecule has 3 rings (SSSR count). The predicted molar refractivity (Wildman–Crippen MR) is 88.7 cm³/mol. The molecular weight excluding hydrogens is 284 g/mol. The highest BCUT2D eigenvalue weighted by molar-refractivity contribution is 7.18. The van der Waals surface area contributed by atoms with Gasteiger partial charge in [0.05, 0.1) is 5.39 Å². The fourth-order valence-electron chi connectivity index (χ4n) is 2.76. The molecule has 114 valence electrons. The smallest absolute Gasteiger partial charge is 0.240 e. The minimum absolute atomic E-state index is 0.463. The zero-order valence-corrected chi connectivity index (χ0v) is 13.2. The van der Waals surface area contributed by atoms with Gasteiger partial charge in [0.15, 0.2) is 0 Å². The molecule has 1 fully saturated rings. The monoisotopic (exact) mass is 306 g/mol. The quantitative estimate of drug-likeness (QED) is 0.580. The van der Waals surface area contributed by atoms with Crippen LogP contribution in [0.25, 0.3) is 10.2 Å². The highest BCUT2D eigenvalue weighted by Crippen LogP contribution is 2.29. The van der Waals surface area contributed by atoms with E-state index in [1.807, 2.05) is 0 Å². The van der Waals surface area contributed by atoms with E-state index < -0.39 is 0 Å². The second-order valence-electron chi connectivity index (χ2n) is 5.45. The number of anilines is 2. The molecule has 0 unspecified atom stereocenters. The van der Waals surface area contributed by atoms with Gasteiger partial charge in [-0.05, 0) is 38.9 Å². The van der Waals surface area contributed by atoms with Crippen LogP contribution in [0.1, 0.15) is 24.1 Å². The first-order valence-electron chi connectivity index (χ1n) is 7.47. The Morgan fingerprint density at radius 1 is 1.29 bits per heavy atom. The second-order valence-corrected chi connectivity index (χ2v) is 6.68. The second kappa shape index (κ2) is 6.55. The van der Waals surface area contributed by atoms with Crippen molar-refractivity contribution in [3.05, 3.63) is 10.9 Å². The molecular formula is C14H22N6S. The maximum Gasteiger partial charge on any atom is 0.240 e. The molecule has 4 N–H and O–H groups in total. The molecule has 0 spiro atoms. The van der Waals surface area contributed by atoms with Crippen LogP contribution in [0.15, 0.2) is 6.07 Å². The van der Waals surface area contributed by atoms with Crippen molar-refractivity contribution >= 4 is 33.3 Å². The van der Waals surface area contributed by atoms with Gasteiger partial charge in [-0.25, -0.2) is 10.8 Å². The third kappa shape index (κ3) is 3.42. The van der Waals surface area contributed by atoms with Gasteiger partial charge in [-0.15, -0.1) is 11.3 Å². The Hall–Kier alpha value is -1.44. The summed E-state index contributed by atoms with van der Waals surface area (Å²) >= 11 is 1.66. The molecule has 0 radical (unpaired) electrons. The number of aryl methyl sites for hydroxylation is 1. The van der Waals surface area contributed by atoms with Crippen LogP contribution in [0, 0.1) is 6.92 Å². The largest absolute Gasteiger partial charge is 0.368 e. The lowest BCUT2D eigenvalue weighted by Crippen LogP contribution is -2.33. The van der Waals surface area contributed by atoms with Crippen LogP contribution in [-0.2, 0) is 0 Å². The van der Waals surface area contributed by atoms with Gasteiger partial charge in [0.1, 0.15) is 10.6 Å². The van der Waals surface area contributed by atoms with Crippen molar-refractivity contribution in [3.8, 4) is 0 Å². The Labute approximate surface area is 128 Å². The number of nitrogen functional groups attached to an aromatic ring is 1. The molecule has 0 aliphatic carbocycles. The number of hydrazine groups is 1. The summed E-state index contributed by atoms with van der Waals surface area (Å²) in [5.74, 6) is 6.79. The first kappa shape index (κ1) is 14.5. The lowest BCUT2D eigenvalue weighted by atomic mass is 10.1. The van der Waals surface area contributed by atoms with Crippen LogP contribution in [0.5, 0.6) is 0 Å². The minimum atomic E-state index is 0.463. The van der Waals surface area contributed by atoms with Crippen molar-refractivity contribution in [1.29, 1.82) is 0 Å². The summed E-state index contributed by atoms with van der Waals surface area (Å²) in [4.78, 5) is 13.5. The molecule has 1 saturated heterocycles. The van der Waals surface area contributed by atoms with Crippen molar-refractivity contribution in [2.75, 3.05) is 36.9 Å². The van der Waals surface area contributed by atoms with Gasteiger partial charge >= 0.3 is 0 Å². The first-order chi connectivity index (χ1) is 10.3. The van der Waals surface area contributed by atoms with Crippen LogP contribution in [0.2, 0.25) is 0 Å². The Morgan fingerprint density at radius 2 is 2.10 bits per heavy atom. The number of aromatic nitrogens is 2. The topological polar surface area (TPSA) is 79.1 Å². The number of thiophene rings is 1. The standard InChI is InChI=1S/C14H22N6S/c1-10-9-11-12(17-14(19-15)18-13(11)21-10)16-5-8-20-6-3-2-4-7-20/h9H,2-8,15H2,1H3,(H2,16,17,18,19). The number of rotatable bonds is 5. The van der Waals surface area contributed by atoms with Crippen molar-refractivity contribution in [2.24, 2.45) is 5.84 Å². The average Bonchev–Trinajstić information content (AvgIpc) is 2.88. The van der Waals surface area contributed by atoms with E-state index in [9.17, 15) is 0 Å². The molecule has 0 aromatic carbocycles. The van der Waals surface area contributed by atoms with Crippen LogP contribution < -0.4 is 16.6 Å². The van der Waals surface area contributed by atoms with Gasteiger partial charge < -0.3 is 10.2 Å². The summed E-state index contributed by atoms with van der Waals surface area (Å²) in [6, 6.07) is 2.13. The van der Waals surface area contributed by atoms with E-state index in [0.29, 0.717) is 5.95 Å². The van der Waals surface area contributed by atoms with Crippen LogP contribution >= 0.6 is 11.3 Å². The Kier molecular flexibility index (Phi) is 4.52. The van der Waals surface area contributed by atoms with Gasteiger partial charge in [-0.1, -0.05) is 6.42 Å². The van der Waals surface area contributed by atoms with Crippen molar-refractivity contribution < 1.29 is 0 Å². The fraction of sp³-hybridized carbons (Fsp3) is 0.571. The molecule has 1 aliphatic rings. The van der Waals surface area contributed by atoms with Crippen LogP contribution in [0.3, 0.4) is 0 Å². The number of hydrogen-bond acceptors (Lipinski definition) is 7. The van der Waals surface area contributed by atoms with E-state index in [-0.39, 0.29) is 0 Å². The number of hydrogen-bond donors (Lipinski definition) is 3. The van der Waals surface area contributed by atoms with E-state index >= 15 is 0 Å². The fourth-order valence-corrected chi connectivity index (χ4v) is 3.64. The summed E-state index contributed by atoms with van der Waals surface area (Å²) < 4.78 is 0. The van der Waals surface area contributed by atoms with Crippen molar-refractivity contribution in [3.63, 3.8) is 0 Å². The lowest BCUT2D eigenvalue weighted by Gasteiger charge is -2.26. The molecule has 21 heavy (non-hydrogen) atoms. The summed E-state index contributed by atoms with van der Waals surface area (Å²) in [5, 5.41) is 4.52. The van der Waals surface area contributed by atoms with Gasteiger partial charge in [-0.3, -0.25) is 5.43 Å². The van der Waals surface area contributed by atoms with E-state index in [2.05, 4.69) is 38.6 Å². The summed E-state index contributed by atoms with van der Waals surface area (Å²) in [6.07, 6.45) is 4.02. The number of nitrogens with two attached hydrogens (primary N) is 1. The highest BCUT2D eigenvalue weighted by Gasteiger charge is 2.12.